The van der Waals surface area contributed by atoms with Gasteiger partial charge >= 0.3 is 41.3 Å². The SMILES string of the molecule is CCCCNS(=O)(=O)c1c(=O)o[nH][n+]1-c1ccc(S(=O)(=O)c2ccc(-[n+]3[nH]oc(=O)c3S(=O)(=O)NCCCC)cc2)cc1. The van der Waals surface area contributed by atoms with Crippen LogP contribution in [0.15, 0.2) is 87.0 Å². The number of sulfonamides is 2. The van der Waals surface area contributed by atoms with E-state index in [1.807, 2.05) is 13.8 Å². The molecule has 2 heterocycles. The first-order valence-electron chi connectivity index (χ1n) is 13.1. The zero-order valence-electron chi connectivity index (χ0n) is 23.1. The molecule has 4 N–H and O–H groups in total. The van der Waals surface area contributed by atoms with Crippen molar-refractivity contribution in [1.82, 2.24) is 20.0 Å². The third-order valence-corrected chi connectivity index (χ3v) is 10.8. The molecule has 0 fully saturated rings. The summed E-state index contributed by atoms with van der Waals surface area (Å²) < 4.78 is 93.1. The Bertz CT molecular complexity index is 1880. The maximum Gasteiger partial charge on any atom is 0.448 e. The molecule has 0 aliphatic rings. The minimum Gasteiger partial charge on any atom is -0.281 e. The van der Waals surface area contributed by atoms with Gasteiger partial charge in [0.2, 0.25) is 21.2 Å². The van der Waals surface area contributed by atoms with Crippen LogP contribution in [0.2, 0.25) is 0 Å². The Morgan fingerprint density at radius 2 is 0.977 bits per heavy atom. The predicted octanol–water partition coefficient (Wildman–Crippen LogP) is -0.208. The monoisotopic (exact) mass is 658 g/mol. The van der Waals surface area contributed by atoms with Gasteiger partial charge in [-0.15, -0.1) is 0 Å². The molecule has 2 aromatic carbocycles. The number of hydrogen-bond acceptors (Lipinski definition) is 10. The van der Waals surface area contributed by atoms with E-state index in [-0.39, 0.29) is 34.3 Å². The van der Waals surface area contributed by atoms with Crippen molar-refractivity contribution in [3.05, 3.63) is 69.4 Å². The van der Waals surface area contributed by atoms with E-state index < -0.39 is 51.2 Å². The van der Waals surface area contributed by atoms with Gasteiger partial charge in [0.05, 0.1) is 9.79 Å². The Morgan fingerprint density at radius 3 is 1.30 bits per heavy atom. The standard InChI is InChI=1S/C24H28N6O10S3/c1-3-5-15-25-42(35,36)21-23(31)39-27-29(21)17-7-11-19(12-8-17)41(33,34)20-13-9-18(10-14-20)30-22(24(32)40-28-30)43(37,38)26-16-6-4-2/h7-14,25-26H,3-6,15-16H2,1-2H3/p+2. The second-order valence-corrected chi connectivity index (χ2v) is 14.6. The first kappa shape index (κ1) is 32.0. The lowest BCUT2D eigenvalue weighted by Crippen LogP contribution is -2.44. The Balaban J connectivity index is 1.61. The van der Waals surface area contributed by atoms with E-state index in [1.165, 1.54) is 48.5 Å². The van der Waals surface area contributed by atoms with Crippen LogP contribution < -0.4 is 30.1 Å². The van der Waals surface area contributed by atoms with Gasteiger partial charge in [0.15, 0.2) is 0 Å². The van der Waals surface area contributed by atoms with E-state index in [0.29, 0.717) is 12.8 Å². The third kappa shape index (κ3) is 6.69. The van der Waals surface area contributed by atoms with Gasteiger partial charge in [0, 0.05) is 37.4 Å². The van der Waals surface area contributed by atoms with E-state index >= 15 is 0 Å². The van der Waals surface area contributed by atoms with Gasteiger partial charge in [-0.05, 0) is 57.0 Å². The zero-order valence-corrected chi connectivity index (χ0v) is 25.5. The Hall–Kier alpha value is -3.91. The van der Waals surface area contributed by atoms with Gasteiger partial charge in [-0.25, -0.2) is 44.3 Å². The molecule has 0 radical (unpaired) electrons. The summed E-state index contributed by atoms with van der Waals surface area (Å²) in [7, 11) is -12.6. The molecular formula is C24H30N6O10S3+2. The molecule has 0 saturated carbocycles. The summed E-state index contributed by atoms with van der Waals surface area (Å²) in [6, 6.07) is 10.00. The van der Waals surface area contributed by atoms with Crippen molar-refractivity contribution in [2.45, 2.75) is 59.4 Å². The smallest absolute Gasteiger partial charge is 0.281 e. The number of sulfone groups is 1. The summed E-state index contributed by atoms with van der Waals surface area (Å²) in [5, 5.41) is 3.01. The summed E-state index contributed by atoms with van der Waals surface area (Å²) in [6.07, 6.45) is 2.56. The van der Waals surface area contributed by atoms with Crippen molar-refractivity contribution in [2.24, 2.45) is 0 Å². The molecule has 0 spiro atoms. The lowest BCUT2D eigenvalue weighted by Gasteiger charge is -2.05. The first-order valence-corrected chi connectivity index (χ1v) is 17.5. The number of benzene rings is 2. The fraction of sp³-hybridized carbons (Fsp3) is 0.333. The Morgan fingerprint density at radius 1 is 0.628 bits per heavy atom. The number of unbranched alkanes of at least 4 members (excludes halogenated alkanes) is 2. The molecule has 0 unspecified atom stereocenters. The molecular weight excluding hydrogens is 628 g/mol. The summed E-state index contributed by atoms with van der Waals surface area (Å²) in [5.74, 6) is 0. The fourth-order valence-electron chi connectivity index (χ4n) is 3.91. The predicted molar refractivity (Wildman–Crippen MR) is 147 cm³/mol. The molecule has 2 aromatic heterocycles. The van der Waals surface area contributed by atoms with Crippen molar-refractivity contribution in [1.29, 1.82) is 0 Å². The highest BCUT2D eigenvalue weighted by Crippen LogP contribution is 2.22. The van der Waals surface area contributed by atoms with Gasteiger partial charge in [0.1, 0.15) is 0 Å². The van der Waals surface area contributed by atoms with Crippen LogP contribution in [0.4, 0.5) is 0 Å². The maximum atomic E-state index is 13.3. The summed E-state index contributed by atoms with van der Waals surface area (Å²) in [4.78, 5) is 24.0. The largest absolute Gasteiger partial charge is 0.448 e. The number of aromatic nitrogens is 4. The molecule has 4 rings (SSSR count). The van der Waals surface area contributed by atoms with Crippen LogP contribution in [0.5, 0.6) is 0 Å². The third-order valence-electron chi connectivity index (χ3n) is 6.18. The molecule has 19 heteroatoms. The van der Waals surface area contributed by atoms with E-state index in [4.69, 9.17) is 0 Å². The number of nitrogens with zero attached hydrogens (tertiary/aromatic N) is 2. The summed E-state index contributed by atoms with van der Waals surface area (Å²) in [6.45, 7) is 3.98. The van der Waals surface area contributed by atoms with Crippen LogP contribution in [-0.4, -0.2) is 48.9 Å². The van der Waals surface area contributed by atoms with E-state index in [1.54, 1.807) is 0 Å². The van der Waals surface area contributed by atoms with Gasteiger partial charge in [-0.1, -0.05) is 26.7 Å². The zero-order chi connectivity index (χ0) is 31.4. The topological polar surface area (TPSA) is 226 Å². The van der Waals surface area contributed by atoms with Crippen LogP contribution in [0.3, 0.4) is 0 Å². The van der Waals surface area contributed by atoms with Crippen molar-refractivity contribution in [3.8, 4) is 11.4 Å². The first-order chi connectivity index (χ1) is 20.3. The second kappa shape index (κ2) is 12.8. The number of H-pyrrole nitrogens is 2. The van der Waals surface area contributed by atoms with Crippen molar-refractivity contribution < 1.29 is 43.7 Å². The minimum atomic E-state index is -4.24. The number of rotatable bonds is 14. The highest BCUT2D eigenvalue weighted by molar-refractivity contribution is 7.91. The molecule has 0 bridgehead atoms. The fourth-order valence-corrected chi connectivity index (χ4v) is 7.56. The molecule has 0 amide bonds. The molecule has 16 nitrogen and oxygen atoms in total. The minimum absolute atomic E-state index is 0.109. The molecule has 0 atom stereocenters. The number of nitrogens with one attached hydrogen (secondary N) is 4. The van der Waals surface area contributed by atoms with Gasteiger partial charge in [-0.2, -0.15) is 0 Å². The van der Waals surface area contributed by atoms with Crippen LogP contribution >= 0.6 is 0 Å². The van der Waals surface area contributed by atoms with Crippen molar-refractivity contribution >= 4 is 29.9 Å². The van der Waals surface area contributed by atoms with E-state index in [2.05, 4.69) is 29.0 Å². The van der Waals surface area contributed by atoms with Crippen molar-refractivity contribution in [3.63, 3.8) is 0 Å². The van der Waals surface area contributed by atoms with Crippen LogP contribution in [0.1, 0.15) is 39.5 Å². The van der Waals surface area contributed by atoms with Crippen LogP contribution in [0.25, 0.3) is 11.4 Å². The number of aromatic amines is 2. The Kier molecular flexibility index (Phi) is 9.50. The van der Waals surface area contributed by atoms with Crippen LogP contribution in [0, 0.1) is 0 Å². The Labute approximate surface area is 246 Å². The molecule has 4 aromatic rings. The van der Waals surface area contributed by atoms with Gasteiger partial charge in [-0.3, -0.25) is 9.05 Å². The highest BCUT2D eigenvalue weighted by atomic mass is 32.2. The lowest BCUT2D eigenvalue weighted by molar-refractivity contribution is -0.705. The maximum absolute atomic E-state index is 13.3. The summed E-state index contributed by atoms with van der Waals surface area (Å²) >= 11 is 0. The molecule has 232 valence electrons. The average molecular weight is 659 g/mol. The van der Waals surface area contributed by atoms with E-state index in [9.17, 15) is 34.8 Å². The molecule has 0 aliphatic carbocycles. The molecule has 0 aliphatic heterocycles. The molecule has 0 saturated heterocycles. The second-order valence-electron chi connectivity index (χ2n) is 9.24. The van der Waals surface area contributed by atoms with Gasteiger partial charge in [0.25, 0.3) is 0 Å². The number of hydrogen-bond donors (Lipinski definition) is 4. The quantitative estimate of drug-likeness (QED) is 0.103. The molecule has 43 heavy (non-hydrogen) atoms. The van der Waals surface area contributed by atoms with E-state index in [0.717, 1.165) is 22.2 Å². The van der Waals surface area contributed by atoms with Crippen LogP contribution in [-0.2, 0) is 29.9 Å². The lowest BCUT2D eigenvalue weighted by atomic mass is 10.3. The average Bonchev–Trinajstić information content (AvgIpc) is 3.57. The highest BCUT2D eigenvalue weighted by Gasteiger charge is 2.37. The normalized spacial score (nSPS) is 12.5. The van der Waals surface area contributed by atoms with Gasteiger partial charge < -0.3 is 0 Å². The summed E-state index contributed by atoms with van der Waals surface area (Å²) in [5.41, 5.74) is -2.05. The van der Waals surface area contributed by atoms with Crippen molar-refractivity contribution in [2.75, 3.05) is 13.1 Å².